The van der Waals surface area contributed by atoms with Crippen LogP contribution in [0.4, 0.5) is 0 Å². The normalized spacial score (nSPS) is 31.3. The zero-order chi connectivity index (χ0) is 9.68. The van der Waals surface area contributed by atoms with Crippen molar-refractivity contribution in [1.82, 2.24) is 4.90 Å². The maximum absolute atomic E-state index is 5.63. The number of alkyl halides is 1. The molecule has 2 nitrogen and oxygen atoms in total. The Morgan fingerprint density at radius 3 is 2.46 bits per heavy atom. The second-order valence-corrected chi connectivity index (χ2v) is 3.91. The number of nitrogens with zero attached hydrogens (tertiary/aromatic N) is 1. The van der Waals surface area contributed by atoms with Crippen molar-refractivity contribution in [2.24, 2.45) is 0 Å². The summed E-state index contributed by atoms with van der Waals surface area (Å²) in [6.45, 7) is 7.28. The summed E-state index contributed by atoms with van der Waals surface area (Å²) in [4.78, 5) is 2.39. The molecule has 0 aromatic carbocycles. The molecular weight excluding hydrogens is 186 g/mol. The van der Waals surface area contributed by atoms with Crippen LogP contribution < -0.4 is 0 Å². The lowest BCUT2D eigenvalue weighted by Crippen LogP contribution is -2.45. The van der Waals surface area contributed by atoms with E-state index in [2.05, 4.69) is 24.8 Å². The molecule has 2 atom stereocenters. The lowest BCUT2D eigenvalue weighted by molar-refractivity contribution is -0.0646. The fourth-order valence-corrected chi connectivity index (χ4v) is 1.85. The molecule has 0 radical (unpaired) electrons. The molecule has 1 aliphatic rings. The predicted octanol–water partition coefficient (Wildman–Crippen LogP) is 1.89. The molecule has 1 rings (SSSR count). The highest BCUT2D eigenvalue weighted by atomic mass is 35.5. The van der Waals surface area contributed by atoms with Crippen molar-refractivity contribution in [3.8, 4) is 0 Å². The smallest absolute Gasteiger partial charge is 0.0678 e. The van der Waals surface area contributed by atoms with Crippen LogP contribution >= 0.6 is 11.6 Å². The van der Waals surface area contributed by atoms with Crippen molar-refractivity contribution in [3.05, 3.63) is 12.2 Å². The second-order valence-electron chi connectivity index (χ2n) is 3.60. The molecule has 0 aliphatic carbocycles. The number of ether oxygens (including phenoxy) is 1. The zero-order valence-corrected chi connectivity index (χ0v) is 9.13. The number of rotatable bonds is 3. The Kier molecular flexibility index (Phi) is 4.78. The van der Waals surface area contributed by atoms with Crippen molar-refractivity contribution in [2.75, 3.05) is 25.5 Å². The average Bonchev–Trinajstić information content (AvgIpc) is 2.03. The van der Waals surface area contributed by atoms with Crippen LogP contribution in [-0.2, 0) is 4.74 Å². The van der Waals surface area contributed by atoms with E-state index in [-0.39, 0.29) is 0 Å². The van der Waals surface area contributed by atoms with Crippen LogP contribution in [0.1, 0.15) is 13.8 Å². The van der Waals surface area contributed by atoms with Gasteiger partial charge in [0.2, 0.25) is 0 Å². The Labute approximate surface area is 85.5 Å². The number of morpholine rings is 1. The van der Waals surface area contributed by atoms with Crippen LogP contribution in [0.25, 0.3) is 0 Å². The molecule has 1 aliphatic heterocycles. The third-order valence-corrected chi connectivity index (χ3v) is 2.29. The standard InChI is InChI=1S/C10H18ClNO/c1-9-7-12(6-4-3-5-11)8-10(2)13-9/h3-4,9-10H,5-8H2,1-2H3/b4-3+/t9-,10+. The molecule has 1 heterocycles. The summed E-state index contributed by atoms with van der Waals surface area (Å²) >= 11 is 5.55. The first kappa shape index (κ1) is 11.0. The summed E-state index contributed by atoms with van der Waals surface area (Å²) in [5.74, 6) is 0.607. The van der Waals surface area contributed by atoms with Gasteiger partial charge in [0, 0.05) is 25.5 Å². The summed E-state index contributed by atoms with van der Waals surface area (Å²) in [6.07, 6.45) is 4.82. The van der Waals surface area contributed by atoms with Gasteiger partial charge in [0.1, 0.15) is 0 Å². The van der Waals surface area contributed by atoms with E-state index in [0.29, 0.717) is 18.1 Å². The SMILES string of the molecule is C[C@@H]1CN(C/C=C/CCl)C[C@H](C)O1. The van der Waals surface area contributed by atoms with Gasteiger partial charge >= 0.3 is 0 Å². The fourth-order valence-electron chi connectivity index (χ4n) is 1.72. The molecule has 0 amide bonds. The largest absolute Gasteiger partial charge is 0.373 e. The molecule has 0 saturated carbocycles. The molecule has 0 N–H and O–H groups in total. The summed E-state index contributed by atoms with van der Waals surface area (Å²) in [6, 6.07) is 0. The minimum absolute atomic E-state index is 0.355. The van der Waals surface area contributed by atoms with Crippen LogP contribution in [0.2, 0.25) is 0 Å². The molecular formula is C10H18ClNO. The van der Waals surface area contributed by atoms with E-state index in [1.54, 1.807) is 0 Å². The first-order valence-corrected chi connectivity index (χ1v) is 5.34. The maximum atomic E-state index is 5.63. The highest BCUT2D eigenvalue weighted by molar-refractivity contribution is 6.18. The molecule has 0 bridgehead atoms. The van der Waals surface area contributed by atoms with Gasteiger partial charge in [-0.3, -0.25) is 4.90 Å². The van der Waals surface area contributed by atoms with Gasteiger partial charge < -0.3 is 4.74 Å². The van der Waals surface area contributed by atoms with Crippen molar-refractivity contribution in [3.63, 3.8) is 0 Å². The maximum Gasteiger partial charge on any atom is 0.0678 e. The lowest BCUT2D eigenvalue weighted by Gasteiger charge is -2.34. The summed E-state index contributed by atoms with van der Waals surface area (Å²) in [5.41, 5.74) is 0. The Hall–Kier alpha value is -0.0500. The topological polar surface area (TPSA) is 12.5 Å². The molecule has 3 heteroatoms. The zero-order valence-electron chi connectivity index (χ0n) is 8.37. The predicted molar refractivity (Wildman–Crippen MR) is 56.3 cm³/mol. The Bertz CT molecular complexity index is 162. The highest BCUT2D eigenvalue weighted by Gasteiger charge is 2.20. The van der Waals surface area contributed by atoms with E-state index in [4.69, 9.17) is 16.3 Å². The van der Waals surface area contributed by atoms with E-state index in [0.717, 1.165) is 19.6 Å². The van der Waals surface area contributed by atoms with Crippen molar-refractivity contribution in [1.29, 1.82) is 0 Å². The number of allylic oxidation sites excluding steroid dienone is 1. The van der Waals surface area contributed by atoms with E-state index in [1.807, 2.05) is 6.08 Å². The fraction of sp³-hybridized carbons (Fsp3) is 0.800. The van der Waals surface area contributed by atoms with Crippen molar-refractivity contribution < 1.29 is 4.74 Å². The molecule has 0 aromatic rings. The monoisotopic (exact) mass is 203 g/mol. The van der Waals surface area contributed by atoms with Gasteiger partial charge in [0.25, 0.3) is 0 Å². The minimum Gasteiger partial charge on any atom is -0.373 e. The molecule has 13 heavy (non-hydrogen) atoms. The van der Waals surface area contributed by atoms with Crippen molar-refractivity contribution in [2.45, 2.75) is 26.1 Å². The van der Waals surface area contributed by atoms with Gasteiger partial charge in [-0.05, 0) is 13.8 Å². The second kappa shape index (κ2) is 5.63. The summed E-state index contributed by atoms with van der Waals surface area (Å²) in [5, 5.41) is 0. The first-order valence-electron chi connectivity index (χ1n) is 4.81. The molecule has 1 fully saturated rings. The molecule has 0 spiro atoms. The molecule has 0 unspecified atom stereocenters. The van der Waals surface area contributed by atoms with E-state index < -0.39 is 0 Å². The Balaban J connectivity index is 2.28. The van der Waals surface area contributed by atoms with E-state index in [9.17, 15) is 0 Å². The van der Waals surface area contributed by atoms with Crippen molar-refractivity contribution >= 4 is 11.6 Å². The average molecular weight is 204 g/mol. The number of halogens is 1. The first-order chi connectivity index (χ1) is 6.22. The number of hydrogen-bond donors (Lipinski definition) is 0. The van der Waals surface area contributed by atoms with Crippen LogP contribution in [0, 0.1) is 0 Å². The summed E-state index contributed by atoms with van der Waals surface area (Å²) < 4.78 is 5.63. The van der Waals surface area contributed by atoms with Gasteiger partial charge in [0.05, 0.1) is 12.2 Å². The lowest BCUT2D eigenvalue weighted by atomic mass is 10.2. The molecule has 76 valence electrons. The van der Waals surface area contributed by atoms with Crippen LogP contribution in [0.5, 0.6) is 0 Å². The third-order valence-electron chi connectivity index (χ3n) is 2.11. The van der Waals surface area contributed by atoms with E-state index >= 15 is 0 Å². The minimum atomic E-state index is 0.355. The molecule has 1 saturated heterocycles. The van der Waals surface area contributed by atoms with Gasteiger partial charge in [-0.1, -0.05) is 12.2 Å². The van der Waals surface area contributed by atoms with Crippen LogP contribution in [-0.4, -0.2) is 42.6 Å². The molecule has 0 aromatic heterocycles. The van der Waals surface area contributed by atoms with Gasteiger partial charge in [-0.15, -0.1) is 11.6 Å². The third kappa shape index (κ3) is 4.12. The Morgan fingerprint density at radius 1 is 1.31 bits per heavy atom. The quantitative estimate of drug-likeness (QED) is 0.513. The van der Waals surface area contributed by atoms with Crippen LogP contribution in [0.15, 0.2) is 12.2 Å². The summed E-state index contributed by atoms with van der Waals surface area (Å²) in [7, 11) is 0. The van der Waals surface area contributed by atoms with Gasteiger partial charge in [-0.2, -0.15) is 0 Å². The van der Waals surface area contributed by atoms with Gasteiger partial charge in [-0.25, -0.2) is 0 Å². The van der Waals surface area contributed by atoms with Gasteiger partial charge in [0.15, 0.2) is 0 Å². The van der Waals surface area contributed by atoms with Crippen LogP contribution in [0.3, 0.4) is 0 Å². The number of hydrogen-bond acceptors (Lipinski definition) is 2. The van der Waals surface area contributed by atoms with E-state index in [1.165, 1.54) is 0 Å². The Morgan fingerprint density at radius 2 is 1.92 bits per heavy atom. The highest BCUT2D eigenvalue weighted by Crippen LogP contribution is 2.09.